The average molecular weight is 318 g/mol. The Morgan fingerprint density at radius 2 is 1.82 bits per heavy atom. The number of carbonyl (C=O) groups excluding carboxylic acids is 3. The van der Waals surface area contributed by atoms with E-state index in [1.807, 2.05) is 0 Å². The SMILES string of the molecule is O=C([O-])[C@@H]([NH2+]CC[C@H](O)C(=O)[O-])[C@@H](O)CN1CC[C@H]1C(=O)[O-]. The van der Waals surface area contributed by atoms with Crippen molar-refractivity contribution in [3.8, 4) is 0 Å². The van der Waals surface area contributed by atoms with Crippen molar-refractivity contribution >= 4 is 17.9 Å². The van der Waals surface area contributed by atoms with Crippen LogP contribution in [0.25, 0.3) is 0 Å². The number of carbonyl (C=O) groups is 3. The van der Waals surface area contributed by atoms with Crippen molar-refractivity contribution in [3.05, 3.63) is 0 Å². The Bertz CT molecular complexity index is 429. The zero-order valence-electron chi connectivity index (χ0n) is 11.7. The number of likely N-dealkylation sites (tertiary alicyclic amines) is 1. The molecular weight excluding hydrogens is 300 g/mol. The summed E-state index contributed by atoms with van der Waals surface area (Å²) in [6, 6.07) is -2.26. The number of nitrogens with two attached hydrogens (primary N) is 1. The Morgan fingerprint density at radius 3 is 2.23 bits per heavy atom. The van der Waals surface area contributed by atoms with Gasteiger partial charge in [0.25, 0.3) is 0 Å². The van der Waals surface area contributed by atoms with E-state index in [9.17, 15) is 34.8 Å². The van der Waals surface area contributed by atoms with E-state index < -0.39 is 42.2 Å². The second-order valence-corrected chi connectivity index (χ2v) is 5.18. The highest BCUT2D eigenvalue weighted by Gasteiger charge is 2.34. The van der Waals surface area contributed by atoms with Gasteiger partial charge in [-0.3, -0.25) is 4.90 Å². The van der Waals surface area contributed by atoms with E-state index in [2.05, 4.69) is 0 Å². The van der Waals surface area contributed by atoms with Crippen molar-refractivity contribution in [1.82, 2.24) is 4.90 Å². The summed E-state index contributed by atoms with van der Waals surface area (Å²) in [7, 11) is 0. The minimum absolute atomic E-state index is 0.0885. The molecule has 10 heteroatoms. The number of carboxylic acids is 3. The maximum Gasteiger partial charge on any atom is 0.153 e. The van der Waals surface area contributed by atoms with Crippen LogP contribution in [0.1, 0.15) is 12.8 Å². The molecule has 0 aliphatic carbocycles. The van der Waals surface area contributed by atoms with Crippen LogP contribution >= 0.6 is 0 Å². The average Bonchev–Trinajstić information content (AvgIpc) is 2.37. The van der Waals surface area contributed by atoms with E-state index in [0.717, 1.165) is 5.32 Å². The fourth-order valence-electron chi connectivity index (χ4n) is 2.24. The summed E-state index contributed by atoms with van der Waals surface area (Å²) in [6.07, 6.45) is -3.03. The third kappa shape index (κ3) is 4.91. The molecule has 0 unspecified atom stereocenters. The van der Waals surface area contributed by atoms with Gasteiger partial charge in [-0.05, 0) is 6.42 Å². The molecule has 1 rings (SSSR count). The van der Waals surface area contributed by atoms with Gasteiger partial charge in [-0.25, -0.2) is 0 Å². The van der Waals surface area contributed by atoms with Gasteiger partial charge < -0.3 is 45.2 Å². The van der Waals surface area contributed by atoms with Crippen molar-refractivity contribution in [2.24, 2.45) is 0 Å². The smallest absolute Gasteiger partial charge is 0.153 e. The number of β-amino-alcohol motifs (C(OH)–C–C–N with tert-alkyl or cyclic N) is 1. The van der Waals surface area contributed by atoms with Crippen LogP contribution in [0.5, 0.6) is 0 Å². The van der Waals surface area contributed by atoms with E-state index in [4.69, 9.17) is 5.11 Å². The molecule has 22 heavy (non-hydrogen) atoms. The predicted molar refractivity (Wildman–Crippen MR) is 62.2 cm³/mol. The van der Waals surface area contributed by atoms with Gasteiger partial charge in [0.2, 0.25) is 0 Å². The van der Waals surface area contributed by atoms with Crippen molar-refractivity contribution in [2.75, 3.05) is 19.6 Å². The van der Waals surface area contributed by atoms with Gasteiger partial charge in [-0.2, -0.15) is 0 Å². The molecule has 1 fully saturated rings. The summed E-state index contributed by atoms with van der Waals surface area (Å²) < 4.78 is 0. The van der Waals surface area contributed by atoms with E-state index in [-0.39, 0.29) is 19.5 Å². The largest absolute Gasteiger partial charge is 0.548 e. The van der Waals surface area contributed by atoms with Gasteiger partial charge >= 0.3 is 0 Å². The molecule has 1 saturated heterocycles. The van der Waals surface area contributed by atoms with Crippen molar-refractivity contribution in [1.29, 1.82) is 0 Å². The number of nitrogens with zero attached hydrogens (tertiary/aromatic N) is 1. The van der Waals surface area contributed by atoms with Crippen LogP contribution in [0.15, 0.2) is 0 Å². The lowest BCUT2D eigenvalue weighted by Gasteiger charge is -2.43. The molecule has 0 radical (unpaired) electrons. The van der Waals surface area contributed by atoms with Crippen LogP contribution in [0.3, 0.4) is 0 Å². The van der Waals surface area contributed by atoms with Crippen LogP contribution in [0, 0.1) is 0 Å². The number of aliphatic hydroxyl groups is 2. The molecule has 0 aromatic rings. The molecular formula is C12H18N2O8-2. The highest BCUT2D eigenvalue weighted by atomic mass is 16.4. The molecule has 0 aromatic carbocycles. The Kier molecular flexibility index (Phi) is 6.68. The van der Waals surface area contributed by atoms with Crippen molar-refractivity contribution in [2.45, 2.75) is 37.1 Å². The topological polar surface area (TPSA) is 181 Å². The molecule has 4 atom stereocenters. The minimum atomic E-state index is -1.73. The lowest BCUT2D eigenvalue weighted by Crippen LogP contribution is -2.96. The Morgan fingerprint density at radius 1 is 1.18 bits per heavy atom. The molecule has 1 aliphatic rings. The zero-order valence-corrected chi connectivity index (χ0v) is 11.7. The summed E-state index contributed by atoms with van der Waals surface area (Å²) in [5, 5.41) is 52.1. The fraction of sp³-hybridized carbons (Fsp3) is 0.750. The van der Waals surface area contributed by atoms with Crippen LogP contribution in [-0.2, 0) is 14.4 Å². The number of hydrogen-bond donors (Lipinski definition) is 3. The number of aliphatic hydroxyl groups excluding tert-OH is 2. The molecule has 126 valence electrons. The molecule has 0 spiro atoms. The predicted octanol–water partition coefficient (Wildman–Crippen LogP) is -7.65. The summed E-state index contributed by atoms with van der Waals surface area (Å²) in [5.41, 5.74) is 0. The maximum atomic E-state index is 11.0. The van der Waals surface area contributed by atoms with Crippen LogP contribution < -0.4 is 20.6 Å². The number of quaternary nitrogens is 1. The fourth-order valence-corrected chi connectivity index (χ4v) is 2.24. The monoisotopic (exact) mass is 318 g/mol. The summed E-state index contributed by atoms with van der Waals surface area (Å²) >= 11 is 0. The Balaban J connectivity index is 2.46. The molecule has 1 heterocycles. The highest BCUT2D eigenvalue weighted by Crippen LogP contribution is 2.16. The van der Waals surface area contributed by atoms with Gasteiger partial charge in [-0.1, -0.05) is 0 Å². The molecule has 1 aliphatic heterocycles. The number of rotatable bonds is 10. The van der Waals surface area contributed by atoms with Crippen LogP contribution in [0.4, 0.5) is 0 Å². The van der Waals surface area contributed by atoms with E-state index in [1.54, 1.807) is 0 Å². The normalized spacial score (nSPS) is 22.4. The number of aliphatic carboxylic acids is 3. The molecule has 0 saturated carbocycles. The first-order valence-electron chi connectivity index (χ1n) is 6.80. The summed E-state index contributed by atoms with van der Waals surface area (Å²) in [6.45, 7) is 0.129. The van der Waals surface area contributed by atoms with E-state index >= 15 is 0 Å². The zero-order chi connectivity index (χ0) is 16.9. The van der Waals surface area contributed by atoms with Gasteiger partial charge in [0, 0.05) is 19.5 Å². The molecule has 0 amide bonds. The third-order valence-electron chi connectivity index (χ3n) is 3.64. The second kappa shape index (κ2) is 8.03. The van der Waals surface area contributed by atoms with Crippen LogP contribution in [0.2, 0.25) is 0 Å². The Hall–Kier alpha value is -1.75. The standard InChI is InChI=1S/C12H20N2O8/c15-7(11(19)20)1-3-13-9(12(21)22)8(16)5-14-4-2-6(14)10(17)18/h6-9,13,15-16H,1-5H2,(H,17,18)(H,19,20)(H,21,22)/p-2/t6-,7-,8-,9-/m0/s1. The molecule has 0 aromatic heterocycles. The van der Waals surface area contributed by atoms with Crippen molar-refractivity contribution < 1.29 is 45.2 Å². The minimum Gasteiger partial charge on any atom is -0.548 e. The lowest BCUT2D eigenvalue weighted by atomic mass is 10.0. The van der Waals surface area contributed by atoms with E-state index in [0.29, 0.717) is 13.0 Å². The van der Waals surface area contributed by atoms with E-state index in [1.165, 1.54) is 4.90 Å². The summed E-state index contributed by atoms with van der Waals surface area (Å²) in [5.74, 6) is -4.53. The summed E-state index contributed by atoms with van der Waals surface area (Å²) in [4.78, 5) is 33.4. The highest BCUT2D eigenvalue weighted by molar-refractivity contribution is 5.72. The molecule has 4 N–H and O–H groups in total. The second-order valence-electron chi connectivity index (χ2n) is 5.18. The maximum absolute atomic E-state index is 11.0. The molecule has 10 nitrogen and oxygen atoms in total. The first-order valence-corrected chi connectivity index (χ1v) is 6.80. The quantitative estimate of drug-likeness (QED) is 0.352. The van der Waals surface area contributed by atoms with Gasteiger partial charge in [0.05, 0.1) is 30.6 Å². The lowest BCUT2D eigenvalue weighted by molar-refractivity contribution is -0.691. The van der Waals surface area contributed by atoms with Gasteiger partial charge in [-0.15, -0.1) is 0 Å². The van der Waals surface area contributed by atoms with Crippen LogP contribution in [-0.4, -0.2) is 76.9 Å². The Labute approximate surface area is 126 Å². The third-order valence-corrected chi connectivity index (χ3v) is 3.64. The molecule has 0 bridgehead atoms. The van der Waals surface area contributed by atoms with Crippen molar-refractivity contribution in [3.63, 3.8) is 0 Å². The number of carboxylic acid groups (broad SMARTS) is 3. The van der Waals surface area contributed by atoms with Gasteiger partial charge in [0.1, 0.15) is 12.1 Å². The first-order chi connectivity index (χ1) is 10.2. The van der Waals surface area contributed by atoms with Gasteiger partial charge in [0.15, 0.2) is 6.04 Å². The first kappa shape index (κ1) is 18.3. The number of hydrogen-bond acceptors (Lipinski definition) is 9.